The maximum atomic E-state index is 12.8. The van der Waals surface area contributed by atoms with Crippen LogP contribution in [0.4, 0.5) is 0 Å². The largest absolute Gasteiger partial charge is 0.484 e. The number of carbonyl (C=O) groups is 3. The van der Waals surface area contributed by atoms with Gasteiger partial charge in [-0.05, 0) is 31.3 Å². The summed E-state index contributed by atoms with van der Waals surface area (Å²) >= 11 is 7.16. The van der Waals surface area contributed by atoms with Crippen molar-refractivity contribution in [3.63, 3.8) is 0 Å². The molecule has 11 heteroatoms. The highest BCUT2D eigenvalue weighted by Crippen LogP contribution is 2.24. The minimum Gasteiger partial charge on any atom is -0.484 e. The number of halogens is 1. The Bertz CT molecular complexity index is 979. The first-order chi connectivity index (χ1) is 15.2. The van der Waals surface area contributed by atoms with Crippen LogP contribution in [0.15, 0.2) is 24.3 Å². The topological polar surface area (TPSA) is 104 Å². The third kappa shape index (κ3) is 6.41. The maximum absolute atomic E-state index is 12.8. The number of ether oxygens (including phenoxy) is 1. The first-order valence-corrected chi connectivity index (χ1v) is 11.3. The molecule has 3 rings (SSSR count). The molecule has 1 aromatic carbocycles. The van der Waals surface area contributed by atoms with Crippen LogP contribution in [-0.4, -0.2) is 79.4 Å². The molecular formula is C21H26ClN5O4S. The van der Waals surface area contributed by atoms with E-state index in [1.54, 1.807) is 38.4 Å². The Kier molecular flexibility index (Phi) is 8.05. The van der Waals surface area contributed by atoms with Crippen LogP contribution in [0, 0.1) is 0 Å². The van der Waals surface area contributed by atoms with Crippen LogP contribution in [0.5, 0.6) is 5.75 Å². The molecule has 2 heterocycles. The van der Waals surface area contributed by atoms with E-state index in [4.69, 9.17) is 16.3 Å². The second kappa shape index (κ2) is 10.8. The number of carbonyl (C=O) groups excluding carboxylic acids is 3. The minimum atomic E-state index is -0.930. The number of benzene rings is 1. The van der Waals surface area contributed by atoms with Crippen molar-refractivity contribution in [3.05, 3.63) is 44.9 Å². The molecule has 0 bridgehead atoms. The normalized spacial score (nSPS) is 14.2. The quantitative estimate of drug-likeness (QED) is 0.589. The highest BCUT2D eigenvalue weighted by molar-refractivity contribution is 7.13. The van der Waals surface area contributed by atoms with E-state index in [0.29, 0.717) is 15.8 Å². The lowest BCUT2D eigenvalue weighted by atomic mass is 10.2. The monoisotopic (exact) mass is 479 g/mol. The first kappa shape index (κ1) is 24.0. The van der Waals surface area contributed by atoms with Gasteiger partial charge in [-0.25, -0.2) is 4.98 Å². The van der Waals surface area contributed by atoms with Gasteiger partial charge in [0.05, 0.1) is 5.69 Å². The van der Waals surface area contributed by atoms with Crippen LogP contribution in [0.2, 0.25) is 5.02 Å². The predicted molar refractivity (Wildman–Crippen MR) is 122 cm³/mol. The summed E-state index contributed by atoms with van der Waals surface area (Å²) in [4.78, 5) is 46.6. The SMILES string of the molecule is CN1CCc2nc(C(=O)NC(CNC(=O)COc3ccc(Cl)cc3)C(=O)N(C)C)sc2C1. The maximum Gasteiger partial charge on any atom is 0.280 e. The molecule has 0 spiro atoms. The van der Waals surface area contributed by atoms with Crippen molar-refractivity contribution in [1.29, 1.82) is 0 Å². The van der Waals surface area contributed by atoms with E-state index in [1.807, 2.05) is 7.05 Å². The van der Waals surface area contributed by atoms with Gasteiger partial charge in [0.25, 0.3) is 11.8 Å². The number of nitrogens with one attached hydrogen (secondary N) is 2. The smallest absolute Gasteiger partial charge is 0.280 e. The number of thiazole rings is 1. The van der Waals surface area contributed by atoms with Crippen molar-refractivity contribution in [1.82, 2.24) is 25.4 Å². The van der Waals surface area contributed by atoms with Gasteiger partial charge >= 0.3 is 0 Å². The van der Waals surface area contributed by atoms with Crippen LogP contribution in [0.25, 0.3) is 0 Å². The minimum absolute atomic E-state index is 0.0700. The number of hydrogen-bond acceptors (Lipinski definition) is 7. The zero-order chi connectivity index (χ0) is 23.3. The fraction of sp³-hybridized carbons (Fsp3) is 0.429. The molecule has 1 atom stereocenters. The van der Waals surface area contributed by atoms with Gasteiger partial charge in [0.1, 0.15) is 11.8 Å². The lowest BCUT2D eigenvalue weighted by Crippen LogP contribution is -2.52. The molecule has 1 aromatic heterocycles. The Labute approximate surface area is 195 Å². The van der Waals surface area contributed by atoms with E-state index >= 15 is 0 Å². The summed E-state index contributed by atoms with van der Waals surface area (Å²) in [5, 5.41) is 6.22. The fourth-order valence-corrected chi connectivity index (χ4v) is 4.32. The lowest BCUT2D eigenvalue weighted by Gasteiger charge is -2.21. The predicted octanol–water partition coefficient (Wildman–Crippen LogP) is 1.17. The van der Waals surface area contributed by atoms with E-state index in [9.17, 15) is 14.4 Å². The molecule has 32 heavy (non-hydrogen) atoms. The fourth-order valence-electron chi connectivity index (χ4n) is 3.10. The van der Waals surface area contributed by atoms with Crippen molar-refractivity contribution in [2.24, 2.45) is 0 Å². The molecule has 0 saturated carbocycles. The average molecular weight is 480 g/mol. The van der Waals surface area contributed by atoms with Crippen molar-refractivity contribution >= 4 is 40.7 Å². The Hall–Kier alpha value is -2.69. The third-order valence-corrected chi connectivity index (χ3v) is 6.18. The summed E-state index contributed by atoms with van der Waals surface area (Å²) in [7, 11) is 5.20. The van der Waals surface area contributed by atoms with Crippen molar-refractivity contribution in [3.8, 4) is 5.75 Å². The molecule has 172 valence electrons. The van der Waals surface area contributed by atoms with Gasteiger partial charge < -0.3 is 25.2 Å². The second-order valence-corrected chi connectivity index (χ2v) is 9.20. The second-order valence-electron chi connectivity index (χ2n) is 7.68. The molecule has 0 saturated heterocycles. The molecule has 2 N–H and O–H groups in total. The van der Waals surface area contributed by atoms with Gasteiger partial charge in [0, 0.05) is 50.1 Å². The lowest BCUT2D eigenvalue weighted by molar-refractivity contribution is -0.131. The zero-order valence-electron chi connectivity index (χ0n) is 18.2. The van der Waals surface area contributed by atoms with Gasteiger partial charge in [-0.15, -0.1) is 11.3 Å². The number of nitrogens with zero attached hydrogens (tertiary/aromatic N) is 3. The molecule has 1 unspecified atom stereocenters. The first-order valence-electron chi connectivity index (χ1n) is 10.1. The van der Waals surface area contributed by atoms with Crippen LogP contribution in [0.1, 0.15) is 20.4 Å². The summed E-state index contributed by atoms with van der Waals surface area (Å²) in [5.74, 6) is -0.687. The number of hydrogen-bond donors (Lipinski definition) is 2. The Morgan fingerprint density at radius 2 is 2.00 bits per heavy atom. The zero-order valence-corrected chi connectivity index (χ0v) is 19.8. The molecule has 0 aliphatic carbocycles. The van der Waals surface area contributed by atoms with Gasteiger partial charge in [-0.3, -0.25) is 14.4 Å². The number of fused-ring (bicyclic) bond motifs is 1. The Morgan fingerprint density at radius 3 is 2.69 bits per heavy atom. The van der Waals surface area contributed by atoms with E-state index in [0.717, 1.165) is 30.1 Å². The Balaban J connectivity index is 1.57. The van der Waals surface area contributed by atoms with Gasteiger partial charge in [0.15, 0.2) is 11.6 Å². The molecule has 9 nitrogen and oxygen atoms in total. The number of likely N-dealkylation sites (N-methyl/N-ethyl adjacent to an activating group) is 2. The standard InChI is InChI=1S/C21H26ClN5O4S/c1-26(2)21(30)16(10-23-18(28)12-31-14-6-4-13(22)5-7-14)24-19(29)20-25-15-8-9-27(3)11-17(15)32-20/h4-7,16H,8-12H2,1-3H3,(H,23,28)(H,24,29). The highest BCUT2D eigenvalue weighted by Gasteiger charge is 2.27. The van der Waals surface area contributed by atoms with Gasteiger partial charge in [0.2, 0.25) is 5.91 Å². The van der Waals surface area contributed by atoms with Gasteiger partial charge in [-0.1, -0.05) is 11.6 Å². The number of rotatable bonds is 8. The third-order valence-electron chi connectivity index (χ3n) is 4.85. The van der Waals surface area contributed by atoms with Crippen molar-refractivity contribution in [2.75, 3.05) is 40.8 Å². The van der Waals surface area contributed by atoms with Crippen molar-refractivity contribution < 1.29 is 19.1 Å². The summed E-state index contributed by atoms with van der Waals surface area (Å²) in [6.07, 6.45) is 0.791. The van der Waals surface area contributed by atoms with Crippen LogP contribution >= 0.6 is 22.9 Å². The van der Waals surface area contributed by atoms with Crippen LogP contribution in [0.3, 0.4) is 0 Å². The highest BCUT2D eigenvalue weighted by atomic mass is 35.5. The van der Waals surface area contributed by atoms with Crippen molar-refractivity contribution in [2.45, 2.75) is 19.0 Å². The molecule has 1 aliphatic heterocycles. The summed E-state index contributed by atoms with van der Waals surface area (Å²) in [6.45, 7) is 1.35. The molecule has 1 aliphatic rings. The molecule has 0 fully saturated rings. The summed E-state index contributed by atoms with van der Waals surface area (Å²) < 4.78 is 5.40. The summed E-state index contributed by atoms with van der Waals surface area (Å²) in [6, 6.07) is 5.69. The van der Waals surface area contributed by atoms with E-state index in [-0.39, 0.29) is 19.1 Å². The number of aromatic nitrogens is 1. The van der Waals surface area contributed by atoms with E-state index < -0.39 is 17.9 Å². The van der Waals surface area contributed by atoms with E-state index in [1.165, 1.54) is 16.2 Å². The molecule has 0 radical (unpaired) electrons. The van der Waals surface area contributed by atoms with Crippen LogP contribution < -0.4 is 15.4 Å². The molecular weight excluding hydrogens is 454 g/mol. The average Bonchev–Trinajstić information content (AvgIpc) is 3.18. The van der Waals surface area contributed by atoms with Crippen LogP contribution in [-0.2, 0) is 22.6 Å². The number of amides is 3. The van der Waals surface area contributed by atoms with Gasteiger partial charge in [-0.2, -0.15) is 0 Å². The Morgan fingerprint density at radius 1 is 1.28 bits per heavy atom. The molecule has 2 aromatic rings. The molecule has 3 amide bonds. The van der Waals surface area contributed by atoms with E-state index in [2.05, 4.69) is 20.5 Å². The summed E-state index contributed by atoms with van der Waals surface area (Å²) in [5.41, 5.74) is 0.932.